The van der Waals surface area contributed by atoms with Crippen molar-refractivity contribution >= 4 is 5.97 Å². The Balaban J connectivity index is 1.88. The highest BCUT2D eigenvalue weighted by Crippen LogP contribution is 2.16. The first-order chi connectivity index (χ1) is 7.20. The molecular weight excluding hydrogens is 198 g/mol. The molecule has 1 aromatic heterocycles. The van der Waals surface area contributed by atoms with E-state index in [1.165, 1.54) is 6.26 Å². The van der Waals surface area contributed by atoms with E-state index in [9.17, 15) is 4.79 Å². The molecule has 1 fully saturated rings. The van der Waals surface area contributed by atoms with Gasteiger partial charge in [-0.25, -0.2) is 0 Å². The van der Waals surface area contributed by atoms with Crippen LogP contribution in [0, 0.1) is 0 Å². The first kappa shape index (κ1) is 10.1. The van der Waals surface area contributed by atoms with Crippen LogP contribution in [0.4, 0.5) is 0 Å². The smallest absolute Gasteiger partial charge is 0.305 e. The Kier molecular flexibility index (Phi) is 2.70. The molecule has 1 aliphatic rings. The first-order valence-electron chi connectivity index (χ1n) is 4.77. The van der Waals surface area contributed by atoms with Crippen molar-refractivity contribution in [1.82, 2.24) is 15.8 Å². The van der Waals surface area contributed by atoms with Gasteiger partial charge in [0.15, 0.2) is 0 Å². The number of aromatic nitrogens is 1. The molecule has 6 heteroatoms. The van der Waals surface area contributed by atoms with E-state index < -0.39 is 5.97 Å². The Morgan fingerprint density at radius 1 is 1.73 bits per heavy atom. The third-order valence-corrected chi connectivity index (χ3v) is 2.55. The summed E-state index contributed by atoms with van der Waals surface area (Å²) in [7, 11) is 0. The Bertz CT molecular complexity index is 332. The van der Waals surface area contributed by atoms with Gasteiger partial charge >= 0.3 is 5.97 Å². The van der Waals surface area contributed by atoms with Gasteiger partial charge in [0.2, 0.25) is 0 Å². The Labute approximate surface area is 86.6 Å². The average molecular weight is 211 g/mol. The summed E-state index contributed by atoms with van der Waals surface area (Å²) in [5.74, 6) is -0.788. The maximum atomic E-state index is 10.7. The highest BCUT2D eigenvalue weighted by atomic mass is 16.5. The molecule has 2 rings (SSSR count). The van der Waals surface area contributed by atoms with E-state index >= 15 is 0 Å². The summed E-state index contributed by atoms with van der Waals surface area (Å²) in [5, 5.41) is 18.8. The van der Waals surface area contributed by atoms with Crippen LogP contribution in [0.5, 0.6) is 0 Å². The minimum atomic E-state index is -0.788. The SMILES string of the molecule is O=C(O)CC1(NCc2ccon2)CNC1. The summed E-state index contributed by atoms with van der Waals surface area (Å²) in [6.45, 7) is 1.89. The zero-order valence-electron chi connectivity index (χ0n) is 8.19. The number of hydrogen-bond acceptors (Lipinski definition) is 5. The summed E-state index contributed by atoms with van der Waals surface area (Å²) in [6.07, 6.45) is 1.62. The summed E-state index contributed by atoms with van der Waals surface area (Å²) in [4.78, 5) is 10.7. The molecule has 0 saturated carbocycles. The lowest BCUT2D eigenvalue weighted by molar-refractivity contribution is -0.139. The second kappa shape index (κ2) is 4.00. The van der Waals surface area contributed by atoms with Gasteiger partial charge in [-0.05, 0) is 0 Å². The zero-order valence-corrected chi connectivity index (χ0v) is 8.19. The molecule has 0 spiro atoms. The van der Waals surface area contributed by atoms with Gasteiger partial charge in [0.1, 0.15) is 6.26 Å². The molecule has 3 N–H and O–H groups in total. The van der Waals surface area contributed by atoms with E-state index in [0.29, 0.717) is 19.6 Å². The minimum absolute atomic E-state index is 0.123. The van der Waals surface area contributed by atoms with Crippen molar-refractivity contribution in [3.8, 4) is 0 Å². The standard InChI is InChI=1S/C9H13N3O3/c13-8(14)3-9(5-10-6-9)11-4-7-1-2-15-12-7/h1-2,10-11H,3-6H2,(H,13,14). The largest absolute Gasteiger partial charge is 0.481 e. The lowest BCUT2D eigenvalue weighted by Gasteiger charge is -2.42. The fraction of sp³-hybridized carbons (Fsp3) is 0.556. The van der Waals surface area contributed by atoms with Gasteiger partial charge in [-0.15, -0.1) is 0 Å². The van der Waals surface area contributed by atoms with Gasteiger partial charge in [-0.1, -0.05) is 5.16 Å². The Hall–Kier alpha value is -1.40. The number of carbonyl (C=O) groups is 1. The fourth-order valence-electron chi connectivity index (χ4n) is 1.64. The van der Waals surface area contributed by atoms with Gasteiger partial charge in [0.05, 0.1) is 17.7 Å². The average Bonchev–Trinajstić information content (AvgIpc) is 2.61. The second-order valence-corrected chi connectivity index (χ2v) is 3.80. The van der Waals surface area contributed by atoms with Crippen LogP contribution in [-0.2, 0) is 11.3 Å². The van der Waals surface area contributed by atoms with Crippen LogP contribution in [-0.4, -0.2) is 34.9 Å². The van der Waals surface area contributed by atoms with Crippen LogP contribution in [0.25, 0.3) is 0 Å². The van der Waals surface area contributed by atoms with Crippen LogP contribution < -0.4 is 10.6 Å². The fourth-order valence-corrected chi connectivity index (χ4v) is 1.64. The molecule has 0 unspecified atom stereocenters. The molecular formula is C9H13N3O3. The Morgan fingerprint density at radius 3 is 3.00 bits per heavy atom. The summed E-state index contributed by atoms with van der Waals surface area (Å²) in [5.41, 5.74) is 0.455. The van der Waals surface area contributed by atoms with Crippen LogP contribution in [0.3, 0.4) is 0 Å². The zero-order chi connectivity index (χ0) is 10.7. The van der Waals surface area contributed by atoms with Crippen molar-refractivity contribution in [3.05, 3.63) is 18.0 Å². The molecule has 1 saturated heterocycles. The van der Waals surface area contributed by atoms with Gasteiger partial charge in [0.25, 0.3) is 0 Å². The van der Waals surface area contributed by atoms with Crippen molar-refractivity contribution in [1.29, 1.82) is 0 Å². The molecule has 6 nitrogen and oxygen atoms in total. The predicted molar refractivity (Wildman–Crippen MR) is 51.2 cm³/mol. The van der Waals surface area contributed by atoms with Crippen LogP contribution in [0.15, 0.2) is 16.9 Å². The number of carboxylic acids is 1. The first-order valence-corrected chi connectivity index (χ1v) is 4.77. The molecule has 0 radical (unpaired) electrons. The quantitative estimate of drug-likeness (QED) is 0.613. The third kappa shape index (κ3) is 2.34. The van der Waals surface area contributed by atoms with E-state index in [-0.39, 0.29) is 12.0 Å². The molecule has 15 heavy (non-hydrogen) atoms. The van der Waals surface area contributed by atoms with Crippen molar-refractivity contribution in [3.63, 3.8) is 0 Å². The molecule has 0 bridgehead atoms. The minimum Gasteiger partial charge on any atom is -0.481 e. The molecule has 82 valence electrons. The van der Waals surface area contributed by atoms with Crippen molar-refractivity contribution in [2.75, 3.05) is 13.1 Å². The van der Waals surface area contributed by atoms with Gasteiger partial charge < -0.3 is 20.3 Å². The van der Waals surface area contributed by atoms with Gasteiger partial charge in [-0.2, -0.15) is 0 Å². The number of nitrogens with zero attached hydrogens (tertiary/aromatic N) is 1. The number of hydrogen-bond donors (Lipinski definition) is 3. The molecule has 0 amide bonds. The molecule has 1 aliphatic heterocycles. The molecule has 0 aliphatic carbocycles. The van der Waals surface area contributed by atoms with Crippen molar-refractivity contribution in [2.45, 2.75) is 18.5 Å². The monoisotopic (exact) mass is 211 g/mol. The predicted octanol–water partition coefficient (Wildman–Crippen LogP) is -0.419. The highest BCUT2D eigenvalue weighted by Gasteiger charge is 2.38. The summed E-state index contributed by atoms with van der Waals surface area (Å²) >= 11 is 0. The number of nitrogens with one attached hydrogen (secondary N) is 2. The van der Waals surface area contributed by atoms with Gasteiger partial charge in [0, 0.05) is 25.7 Å². The van der Waals surface area contributed by atoms with Crippen molar-refractivity contribution in [2.24, 2.45) is 0 Å². The highest BCUT2D eigenvalue weighted by molar-refractivity contribution is 5.68. The maximum Gasteiger partial charge on any atom is 0.305 e. The van der Waals surface area contributed by atoms with E-state index in [0.717, 1.165) is 5.69 Å². The number of aliphatic carboxylic acids is 1. The van der Waals surface area contributed by atoms with E-state index in [1.54, 1.807) is 6.07 Å². The summed E-state index contributed by atoms with van der Waals surface area (Å²) < 4.78 is 4.69. The van der Waals surface area contributed by atoms with Gasteiger partial charge in [-0.3, -0.25) is 4.79 Å². The number of rotatable bonds is 5. The summed E-state index contributed by atoms with van der Waals surface area (Å²) in [6, 6.07) is 1.76. The molecule has 2 heterocycles. The normalized spacial score (nSPS) is 18.4. The molecule has 0 aromatic carbocycles. The molecule has 1 aromatic rings. The topological polar surface area (TPSA) is 87.4 Å². The second-order valence-electron chi connectivity index (χ2n) is 3.80. The van der Waals surface area contributed by atoms with E-state index in [2.05, 4.69) is 15.8 Å². The van der Waals surface area contributed by atoms with Crippen LogP contribution in [0.1, 0.15) is 12.1 Å². The number of carboxylic acid groups (broad SMARTS) is 1. The molecule has 0 atom stereocenters. The maximum absolute atomic E-state index is 10.7. The van der Waals surface area contributed by atoms with Crippen LogP contribution in [0.2, 0.25) is 0 Å². The van der Waals surface area contributed by atoms with Crippen LogP contribution >= 0.6 is 0 Å². The van der Waals surface area contributed by atoms with Crippen molar-refractivity contribution < 1.29 is 14.4 Å². The van der Waals surface area contributed by atoms with E-state index in [1.807, 2.05) is 0 Å². The third-order valence-electron chi connectivity index (χ3n) is 2.55. The lowest BCUT2D eigenvalue weighted by Crippen LogP contribution is -2.68. The Morgan fingerprint density at radius 2 is 2.53 bits per heavy atom. The van der Waals surface area contributed by atoms with E-state index in [4.69, 9.17) is 9.63 Å². The lowest BCUT2D eigenvalue weighted by atomic mass is 9.88.